The molecule has 1 aromatic heterocycles. The molecular weight excluding hydrogens is 288 g/mol. The Kier molecular flexibility index (Phi) is 6.62. The van der Waals surface area contributed by atoms with Crippen LogP contribution in [-0.2, 0) is 6.54 Å². The van der Waals surface area contributed by atoms with Gasteiger partial charge in [-0.05, 0) is 44.2 Å². The van der Waals surface area contributed by atoms with Gasteiger partial charge in [0.1, 0.15) is 5.75 Å². The van der Waals surface area contributed by atoms with Crippen LogP contribution < -0.4 is 10.5 Å². The van der Waals surface area contributed by atoms with E-state index in [0.29, 0.717) is 6.54 Å². The highest BCUT2D eigenvalue weighted by molar-refractivity contribution is 5.63. The predicted octanol–water partition coefficient (Wildman–Crippen LogP) is 3.03. The van der Waals surface area contributed by atoms with E-state index < -0.39 is 0 Å². The number of likely N-dealkylation sites (N-methyl/N-ethyl adjacent to an activating group) is 1. The van der Waals surface area contributed by atoms with Gasteiger partial charge in [0.05, 0.1) is 18.0 Å². The lowest BCUT2D eigenvalue weighted by Gasteiger charge is -2.16. The smallest absolute Gasteiger partial charge is 0.119 e. The molecular formula is C18H28N4O. The van der Waals surface area contributed by atoms with Crippen molar-refractivity contribution in [2.75, 3.05) is 20.1 Å². The fraction of sp³-hybridized carbons (Fsp3) is 0.500. The molecule has 2 aromatic rings. The van der Waals surface area contributed by atoms with Gasteiger partial charge in [-0.15, -0.1) is 0 Å². The number of aromatic nitrogens is 2. The Labute approximate surface area is 138 Å². The van der Waals surface area contributed by atoms with Gasteiger partial charge in [0.25, 0.3) is 0 Å². The van der Waals surface area contributed by atoms with Gasteiger partial charge in [0.15, 0.2) is 0 Å². The molecule has 0 aliphatic heterocycles. The summed E-state index contributed by atoms with van der Waals surface area (Å²) in [6, 6.07) is 8.22. The van der Waals surface area contributed by atoms with Gasteiger partial charge in [-0.3, -0.25) is 5.10 Å². The summed E-state index contributed by atoms with van der Waals surface area (Å²) < 4.78 is 5.96. The predicted molar refractivity (Wildman–Crippen MR) is 94.4 cm³/mol. The van der Waals surface area contributed by atoms with E-state index in [4.69, 9.17) is 10.5 Å². The molecule has 23 heavy (non-hydrogen) atoms. The second kappa shape index (κ2) is 8.70. The van der Waals surface area contributed by atoms with Gasteiger partial charge in [-0.25, -0.2) is 0 Å². The molecule has 5 nitrogen and oxygen atoms in total. The van der Waals surface area contributed by atoms with Crippen molar-refractivity contribution in [1.82, 2.24) is 15.1 Å². The molecule has 0 saturated heterocycles. The fourth-order valence-corrected chi connectivity index (χ4v) is 2.62. The Morgan fingerprint density at radius 2 is 1.91 bits per heavy atom. The Morgan fingerprint density at radius 3 is 2.52 bits per heavy atom. The molecule has 0 aliphatic carbocycles. The Hall–Kier alpha value is -1.85. The minimum Gasteiger partial charge on any atom is -0.490 e. The molecule has 0 aliphatic rings. The number of hydrogen-bond acceptors (Lipinski definition) is 4. The first kappa shape index (κ1) is 17.5. The van der Waals surface area contributed by atoms with E-state index in [2.05, 4.69) is 48.1 Å². The lowest BCUT2D eigenvalue weighted by Crippen LogP contribution is -2.25. The Morgan fingerprint density at radius 1 is 1.22 bits per heavy atom. The van der Waals surface area contributed by atoms with Gasteiger partial charge < -0.3 is 15.4 Å². The first-order valence-electron chi connectivity index (χ1n) is 8.35. The highest BCUT2D eigenvalue weighted by atomic mass is 16.5. The second-order valence-electron chi connectivity index (χ2n) is 5.88. The largest absolute Gasteiger partial charge is 0.490 e. The van der Waals surface area contributed by atoms with E-state index >= 15 is 0 Å². The van der Waals surface area contributed by atoms with Gasteiger partial charge in [-0.1, -0.05) is 13.8 Å². The molecule has 0 atom stereocenters. The third-order valence-corrected chi connectivity index (χ3v) is 4.03. The van der Waals surface area contributed by atoms with Gasteiger partial charge in [0, 0.05) is 30.8 Å². The number of benzene rings is 1. The van der Waals surface area contributed by atoms with E-state index in [9.17, 15) is 0 Å². The molecule has 0 spiro atoms. The molecule has 1 heterocycles. The summed E-state index contributed by atoms with van der Waals surface area (Å²) in [5, 5.41) is 7.30. The summed E-state index contributed by atoms with van der Waals surface area (Å²) in [6.07, 6.45) is 4.22. The van der Waals surface area contributed by atoms with Crippen LogP contribution >= 0.6 is 0 Å². The standard InChI is InChI=1S/C18H28N4O/c1-4-16(5-2)23-17-8-6-14(7-9-17)18-15(12-20-21-18)13-22(3)11-10-19/h6-9,12,16H,4-5,10-11,13,19H2,1-3H3,(H,20,21). The van der Waals surface area contributed by atoms with Gasteiger partial charge in [0.2, 0.25) is 0 Å². The number of H-pyrrole nitrogens is 1. The highest BCUT2D eigenvalue weighted by Crippen LogP contribution is 2.25. The normalized spacial score (nSPS) is 11.4. The molecule has 0 fully saturated rings. The Balaban J connectivity index is 2.09. The van der Waals surface area contributed by atoms with Crippen LogP contribution in [-0.4, -0.2) is 41.3 Å². The number of nitrogens with zero attached hydrogens (tertiary/aromatic N) is 2. The maximum Gasteiger partial charge on any atom is 0.119 e. The zero-order valence-corrected chi connectivity index (χ0v) is 14.4. The molecule has 2 rings (SSSR count). The summed E-state index contributed by atoms with van der Waals surface area (Å²) in [7, 11) is 2.07. The van der Waals surface area contributed by atoms with E-state index in [-0.39, 0.29) is 6.10 Å². The minimum absolute atomic E-state index is 0.286. The van der Waals surface area contributed by atoms with Crippen molar-refractivity contribution < 1.29 is 4.74 Å². The topological polar surface area (TPSA) is 67.2 Å². The molecule has 0 saturated carbocycles. The average Bonchev–Trinajstić information content (AvgIpc) is 3.01. The van der Waals surface area contributed by atoms with Crippen LogP contribution in [0.2, 0.25) is 0 Å². The van der Waals surface area contributed by atoms with Crippen LogP contribution in [0.5, 0.6) is 5.75 Å². The third-order valence-electron chi connectivity index (χ3n) is 4.03. The van der Waals surface area contributed by atoms with Crippen molar-refractivity contribution in [3.05, 3.63) is 36.0 Å². The van der Waals surface area contributed by atoms with Crippen LogP contribution in [0.3, 0.4) is 0 Å². The first-order valence-corrected chi connectivity index (χ1v) is 8.35. The Bertz CT molecular complexity index is 575. The number of nitrogens with two attached hydrogens (primary N) is 1. The summed E-state index contributed by atoms with van der Waals surface area (Å²) in [5.74, 6) is 0.920. The zero-order valence-electron chi connectivity index (χ0n) is 14.4. The van der Waals surface area contributed by atoms with Crippen LogP contribution in [0.25, 0.3) is 11.3 Å². The second-order valence-corrected chi connectivity index (χ2v) is 5.88. The van der Waals surface area contributed by atoms with E-state index in [1.54, 1.807) is 0 Å². The summed E-state index contributed by atoms with van der Waals surface area (Å²) >= 11 is 0. The molecule has 0 bridgehead atoms. The van der Waals surface area contributed by atoms with E-state index in [1.165, 1.54) is 5.56 Å². The van der Waals surface area contributed by atoms with Gasteiger partial charge in [-0.2, -0.15) is 5.10 Å². The minimum atomic E-state index is 0.286. The van der Waals surface area contributed by atoms with Crippen molar-refractivity contribution in [2.24, 2.45) is 5.73 Å². The van der Waals surface area contributed by atoms with Gasteiger partial charge >= 0.3 is 0 Å². The van der Waals surface area contributed by atoms with E-state index in [1.807, 2.05) is 18.3 Å². The lowest BCUT2D eigenvalue weighted by atomic mass is 10.1. The monoisotopic (exact) mass is 316 g/mol. The van der Waals surface area contributed by atoms with Crippen molar-refractivity contribution in [2.45, 2.75) is 39.3 Å². The first-order chi connectivity index (χ1) is 11.2. The fourth-order valence-electron chi connectivity index (χ4n) is 2.62. The average molecular weight is 316 g/mol. The molecule has 5 heteroatoms. The van der Waals surface area contributed by atoms with Crippen LogP contribution in [0.4, 0.5) is 0 Å². The van der Waals surface area contributed by atoms with Crippen LogP contribution in [0.15, 0.2) is 30.5 Å². The summed E-state index contributed by atoms with van der Waals surface area (Å²) in [5.41, 5.74) is 8.96. The SMILES string of the molecule is CCC(CC)Oc1ccc(-c2[nH]ncc2CN(C)CCN)cc1. The van der Waals surface area contributed by atoms with Crippen LogP contribution in [0, 0.1) is 0 Å². The van der Waals surface area contributed by atoms with Crippen molar-refractivity contribution in [3.8, 4) is 17.0 Å². The summed E-state index contributed by atoms with van der Waals surface area (Å²) in [6.45, 7) is 6.65. The highest BCUT2D eigenvalue weighted by Gasteiger charge is 2.11. The maximum atomic E-state index is 5.96. The molecule has 0 amide bonds. The van der Waals surface area contributed by atoms with Crippen molar-refractivity contribution >= 4 is 0 Å². The van der Waals surface area contributed by atoms with Crippen LogP contribution in [0.1, 0.15) is 32.3 Å². The number of ether oxygens (including phenoxy) is 1. The van der Waals surface area contributed by atoms with Crippen molar-refractivity contribution in [3.63, 3.8) is 0 Å². The molecule has 1 aromatic carbocycles. The lowest BCUT2D eigenvalue weighted by molar-refractivity contribution is 0.193. The zero-order chi connectivity index (χ0) is 16.7. The van der Waals surface area contributed by atoms with E-state index in [0.717, 1.165) is 42.9 Å². The van der Waals surface area contributed by atoms with Crippen molar-refractivity contribution in [1.29, 1.82) is 0 Å². The number of rotatable bonds is 9. The molecule has 126 valence electrons. The molecule has 0 unspecified atom stereocenters. The maximum absolute atomic E-state index is 5.96. The summed E-state index contributed by atoms with van der Waals surface area (Å²) in [4.78, 5) is 2.19. The quantitative estimate of drug-likeness (QED) is 0.746. The number of aromatic amines is 1. The third kappa shape index (κ3) is 4.81. The number of nitrogens with one attached hydrogen (secondary N) is 1. The number of hydrogen-bond donors (Lipinski definition) is 2. The molecule has 0 radical (unpaired) electrons. The molecule has 3 N–H and O–H groups in total.